The van der Waals surface area contributed by atoms with E-state index in [1.54, 1.807) is 12.1 Å². The van der Waals surface area contributed by atoms with E-state index in [2.05, 4.69) is 16.0 Å². The number of piperidine rings is 1. The van der Waals surface area contributed by atoms with Crippen LogP contribution in [0.2, 0.25) is 0 Å². The van der Waals surface area contributed by atoms with Gasteiger partial charge in [-0.15, -0.1) is 0 Å². The Balaban J connectivity index is 1.21. The second kappa shape index (κ2) is 7.26. The Hall–Kier alpha value is -2.62. The first kappa shape index (κ1) is 19.3. The molecule has 5 rings (SSSR count). The minimum Gasteiger partial charge on any atom is -0.374 e. The molecule has 4 amide bonds. The van der Waals surface area contributed by atoms with Gasteiger partial charge in [0.15, 0.2) is 0 Å². The van der Waals surface area contributed by atoms with Gasteiger partial charge in [0.05, 0.1) is 23.8 Å². The molecule has 2 atom stereocenters. The summed E-state index contributed by atoms with van der Waals surface area (Å²) < 4.78 is 5.91. The fourth-order valence-electron chi connectivity index (χ4n) is 4.33. The summed E-state index contributed by atoms with van der Waals surface area (Å²) in [7, 11) is 0. The molecule has 0 bridgehead atoms. The van der Waals surface area contributed by atoms with Crippen molar-refractivity contribution in [3.63, 3.8) is 0 Å². The van der Waals surface area contributed by atoms with Gasteiger partial charge in [-0.2, -0.15) is 0 Å². The highest BCUT2D eigenvalue weighted by molar-refractivity contribution is 6.23. The van der Waals surface area contributed by atoms with E-state index < -0.39 is 23.8 Å². The maximum atomic E-state index is 12.9. The predicted molar refractivity (Wildman–Crippen MR) is 105 cm³/mol. The number of hydrogen-bond donors (Lipinski definition) is 3. The zero-order chi connectivity index (χ0) is 20.9. The number of morpholine rings is 1. The highest BCUT2D eigenvalue weighted by Crippen LogP contribution is 2.37. The van der Waals surface area contributed by atoms with Gasteiger partial charge in [-0.25, -0.2) is 0 Å². The van der Waals surface area contributed by atoms with Gasteiger partial charge in [0.1, 0.15) is 6.04 Å². The summed E-state index contributed by atoms with van der Waals surface area (Å²) in [6, 6.07) is 4.20. The maximum absolute atomic E-state index is 12.9. The van der Waals surface area contributed by atoms with Crippen molar-refractivity contribution in [1.29, 1.82) is 0 Å². The molecular formula is C21H24N4O5. The van der Waals surface area contributed by atoms with E-state index in [0.717, 1.165) is 23.6 Å². The molecule has 1 aromatic rings. The molecule has 3 aliphatic heterocycles. The fraction of sp³-hybridized carbons (Fsp3) is 0.524. The fourth-order valence-corrected chi connectivity index (χ4v) is 4.33. The van der Waals surface area contributed by atoms with E-state index in [0.29, 0.717) is 24.2 Å². The van der Waals surface area contributed by atoms with Crippen molar-refractivity contribution >= 4 is 23.6 Å². The minimum absolute atomic E-state index is 0.108. The number of nitrogens with one attached hydrogen (secondary N) is 3. The first-order chi connectivity index (χ1) is 14.5. The number of nitrogens with zero attached hydrogens (tertiary/aromatic N) is 1. The van der Waals surface area contributed by atoms with E-state index in [4.69, 9.17) is 4.74 Å². The third-order valence-corrected chi connectivity index (χ3v) is 6.36. The molecular weight excluding hydrogens is 388 g/mol. The quantitative estimate of drug-likeness (QED) is 0.569. The van der Waals surface area contributed by atoms with Gasteiger partial charge in [0, 0.05) is 31.6 Å². The standard InChI is InChI=1S/C21H24N4O5/c26-17-4-3-16(18(27)24-17)25-19(28)14-2-1-12(7-15(14)20(25)29)8-22-9-13-10-23-21(5-6-21)11-30-13/h1-2,7,13,16,22-23H,3-6,8-11H2,(H,24,26,27). The normalized spacial score (nSPS) is 27.4. The van der Waals surface area contributed by atoms with Crippen LogP contribution < -0.4 is 16.0 Å². The Labute approximate surface area is 173 Å². The summed E-state index contributed by atoms with van der Waals surface area (Å²) in [5.41, 5.74) is 1.71. The van der Waals surface area contributed by atoms with Crippen LogP contribution in [0.1, 0.15) is 52.0 Å². The van der Waals surface area contributed by atoms with Crippen LogP contribution in [-0.4, -0.2) is 65.9 Å². The third kappa shape index (κ3) is 3.42. The lowest BCUT2D eigenvalue weighted by Gasteiger charge is -2.30. The Bertz CT molecular complexity index is 931. The second-order valence-electron chi connectivity index (χ2n) is 8.55. The number of rotatable bonds is 5. The number of imide groups is 2. The van der Waals surface area contributed by atoms with Crippen molar-refractivity contribution in [3.05, 3.63) is 34.9 Å². The van der Waals surface area contributed by atoms with Crippen molar-refractivity contribution in [2.24, 2.45) is 0 Å². The molecule has 1 saturated carbocycles. The van der Waals surface area contributed by atoms with Gasteiger partial charge in [0.25, 0.3) is 11.8 Å². The van der Waals surface area contributed by atoms with Crippen LogP contribution in [0.25, 0.3) is 0 Å². The Morgan fingerprint density at radius 1 is 1.13 bits per heavy atom. The molecule has 30 heavy (non-hydrogen) atoms. The van der Waals surface area contributed by atoms with E-state index in [-0.39, 0.29) is 30.4 Å². The Morgan fingerprint density at radius 3 is 2.63 bits per heavy atom. The molecule has 1 spiro atoms. The van der Waals surface area contributed by atoms with Crippen LogP contribution in [0.5, 0.6) is 0 Å². The van der Waals surface area contributed by atoms with E-state index in [9.17, 15) is 19.2 Å². The molecule has 3 N–H and O–H groups in total. The van der Waals surface area contributed by atoms with E-state index in [1.807, 2.05) is 6.07 Å². The lowest BCUT2D eigenvalue weighted by Crippen LogP contribution is -2.54. The predicted octanol–water partition coefficient (Wildman–Crippen LogP) is -0.302. The summed E-state index contributed by atoms with van der Waals surface area (Å²) in [6.07, 6.45) is 2.74. The number of benzene rings is 1. The van der Waals surface area contributed by atoms with Gasteiger partial charge in [-0.3, -0.25) is 29.4 Å². The number of ether oxygens (including phenoxy) is 1. The van der Waals surface area contributed by atoms with Crippen molar-refractivity contribution in [2.75, 3.05) is 19.7 Å². The molecule has 0 aromatic heterocycles. The van der Waals surface area contributed by atoms with Gasteiger partial charge in [-0.05, 0) is 37.0 Å². The summed E-state index contributed by atoms with van der Waals surface area (Å²) in [6.45, 7) is 2.81. The van der Waals surface area contributed by atoms with Crippen LogP contribution in [-0.2, 0) is 20.9 Å². The number of amides is 4. The Morgan fingerprint density at radius 2 is 1.93 bits per heavy atom. The van der Waals surface area contributed by atoms with Gasteiger partial charge in [0.2, 0.25) is 11.8 Å². The lowest BCUT2D eigenvalue weighted by atomic mass is 10.0. The maximum Gasteiger partial charge on any atom is 0.262 e. The number of hydrogen-bond acceptors (Lipinski definition) is 7. The highest BCUT2D eigenvalue weighted by Gasteiger charge is 2.46. The molecule has 158 valence electrons. The molecule has 3 heterocycles. The summed E-state index contributed by atoms with van der Waals surface area (Å²) >= 11 is 0. The number of fused-ring (bicyclic) bond motifs is 1. The molecule has 3 fully saturated rings. The molecule has 1 aliphatic carbocycles. The first-order valence-electron chi connectivity index (χ1n) is 10.4. The summed E-state index contributed by atoms with van der Waals surface area (Å²) in [5, 5.41) is 9.10. The van der Waals surface area contributed by atoms with Crippen molar-refractivity contribution < 1.29 is 23.9 Å². The van der Waals surface area contributed by atoms with E-state index >= 15 is 0 Å². The second-order valence-corrected chi connectivity index (χ2v) is 8.55. The van der Waals surface area contributed by atoms with Crippen LogP contribution in [0.15, 0.2) is 18.2 Å². The first-order valence-corrected chi connectivity index (χ1v) is 10.4. The zero-order valence-electron chi connectivity index (χ0n) is 16.5. The molecule has 2 unspecified atom stereocenters. The molecule has 0 radical (unpaired) electrons. The molecule has 1 aromatic carbocycles. The third-order valence-electron chi connectivity index (χ3n) is 6.36. The highest BCUT2D eigenvalue weighted by atomic mass is 16.5. The SMILES string of the molecule is O=C1CCC(N2C(=O)c3ccc(CNCC4CNC5(CC5)CO4)cc3C2=O)C(=O)N1. The summed E-state index contributed by atoms with van der Waals surface area (Å²) in [4.78, 5) is 50.1. The molecule has 4 aliphatic rings. The smallest absolute Gasteiger partial charge is 0.262 e. The van der Waals surface area contributed by atoms with Crippen LogP contribution in [0.3, 0.4) is 0 Å². The average Bonchev–Trinajstić information content (AvgIpc) is 3.44. The molecule has 9 nitrogen and oxygen atoms in total. The van der Waals surface area contributed by atoms with Crippen molar-refractivity contribution in [3.8, 4) is 0 Å². The average molecular weight is 412 g/mol. The van der Waals surface area contributed by atoms with Crippen molar-refractivity contribution in [2.45, 2.75) is 49.9 Å². The van der Waals surface area contributed by atoms with Crippen LogP contribution in [0, 0.1) is 0 Å². The molecule has 9 heteroatoms. The zero-order valence-corrected chi connectivity index (χ0v) is 16.5. The number of carbonyl (C=O) groups is 4. The van der Waals surface area contributed by atoms with Gasteiger partial charge in [-0.1, -0.05) is 6.07 Å². The topological polar surface area (TPSA) is 117 Å². The largest absolute Gasteiger partial charge is 0.374 e. The number of carbonyl (C=O) groups excluding carboxylic acids is 4. The Kier molecular flexibility index (Phi) is 4.68. The summed E-state index contributed by atoms with van der Waals surface area (Å²) in [5.74, 6) is -1.96. The minimum atomic E-state index is -0.942. The van der Waals surface area contributed by atoms with Crippen molar-refractivity contribution in [1.82, 2.24) is 20.9 Å². The monoisotopic (exact) mass is 412 g/mol. The lowest BCUT2D eigenvalue weighted by molar-refractivity contribution is -0.136. The van der Waals surface area contributed by atoms with Gasteiger partial charge >= 0.3 is 0 Å². The van der Waals surface area contributed by atoms with Crippen LogP contribution in [0.4, 0.5) is 0 Å². The van der Waals surface area contributed by atoms with Crippen LogP contribution >= 0.6 is 0 Å². The van der Waals surface area contributed by atoms with E-state index in [1.165, 1.54) is 12.8 Å². The van der Waals surface area contributed by atoms with Gasteiger partial charge < -0.3 is 15.4 Å². The molecule has 2 saturated heterocycles.